The molecule has 0 unspecified atom stereocenters. The van der Waals surface area contributed by atoms with Gasteiger partial charge in [-0.1, -0.05) is 29.3 Å². The largest absolute Gasteiger partial charge is 0.326 e. The van der Waals surface area contributed by atoms with Crippen molar-refractivity contribution >= 4 is 34.8 Å². The van der Waals surface area contributed by atoms with Crippen molar-refractivity contribution < 1.29 is 4.79 Å². The number of hydrogen-bond donors (Lipinski definition) is 2. The zero-order valence-corrected chi connectivity index (χ0v) is 19.2. The van der Waals surface area contributed by atoms with Gasteiger partial charge < -0.3 is 11.1 Å². The molecular weight excluding hydrogens is 447 g/mol. The maximum Gasteiger partial charge on any atom is 0.235 e. The summed E-state index contributed by atoms with van der Waals surface area (Å²) in [4.78, 5) is 26.2. The summed E-state index contributed by atoms with van der Waals surface area (Å²) in [6, 6.07) is 11.0. The van der Waals surface area contributed by atoms with E-state index < -0.39 is 0 Å². The third kappa shape index (κ3) is 4.52. The maximum atomic E-state index is 12.8. The number of nitrogens with one attached hydrogen (secondary N) is 1. The molecule has 0 amide bonds. The van der Waals surface area contributed by atoms with Crippen LogP contribution in [0.4, 0.5) is 0 Å². The topological polar surface area (TPSA) is 98.2 Å². The van der Waals surface area contributed by atoms with E-state index in [1.807, 2.05) is 38.1 Å². The molecule has 0 saturated heterocycles. The van der Waals surface area contributed by atoms with Crippen LogP contribution in [0.15, 0.2) is 42.6 Å². The number of benzene rings is 1. The molecule has 3 heterocycles. The van der Waals surface area contributed by atoms with Crippen molar-refractivity contribution in [3.8, 4) is 11.3 Å². The normalized spacial score (nSPS) is 11.3. The van der Waals surface area contributed by atoms with Crippen LogP contribution >= 0.6 is 23.2 Å². The third-order valence-corrected chi connectivity index (χ3v) is 5.68. The average Bonchev–Trinajstić information content (AvgIpc) is 3.17. The van der Waals surface area contributed by atoms with Gasteiger partial charge in [0.2, 0.25) is 5.78 Å². The Balaban J connectivity index is 1.66. The van der Waals surface area contributed by atoms with Gasteiger partial charge in [-0.05, 0) is 44.2 Å². The van der Waals surface area contributed by atoms with E-state index in [-0.39, 0.29) is 18.9 Å². The molecule has 3 N–H and O–H groups in total. The molecular formula is C23H22Cl2N6O. The van der Waals surface area contributed by atoms with Gasteiger partial charge in [0.05, 0.1) is 23.0 Å². The van der Waals surface area contributed by atoms with Gasteiger partial charge in [-0.3, -0.25) is 14.2 Å². The van der Waals surface area contributed by atoms with Crippen LogP contribution in [0, 0.1) is 13.8 Å². The van der Waals surface area contributed by atoms with Crippen molar-refractivity contribution in [3.05, 3.63) is 81.0 Å². The van der Waals surface area contributed by atoms with Crippen molar-refractivity contribution in [1.29, 1.82) is 0 Å². The summed E-state index contributed by atoms with van der Waals surface area (Å²) in [6.07, 6.45) is 1.68. The molecule has 9 heteroatoms. The molecule has 3 aromatic heterocycles. The minimum absolute atomic E-state index is 0.124. The number of carbonyl (C=O) groups is 1. The molecule has 1 aromatic carbocycles. The SMILES string of the molecule is Cc1cccc(CNCC(=O)c2cn3c(-c4ccc(Cl)cc4Cl)c(CN)c(C)nc3n2)n1. The number of halogens is 2. The van der Waals surface area contributed by atoms with Gasteiger partial charge in [-0.2, -0.15) is 0 Å². The van der Waals surface area contributed by atoms with Gasteiger partial charge in [-0.15, -0.1) is 0 Å². The highest BCUT2D eigenvalue weighted by Crippen LogP contribution is 2.34. The van der Waals surface area contributed by atoms with Crippen molar-refractivity contribution in [2.24, 2.45) is 5.73 Å². The maximum absolute atomic E-state index is 12.8. The lowest BCUT2D eigenvalue weighted by Crippen LogP contribution is -2.23. The minimum Gasteiger partial charge on any atom is -0.326 e. The molecule has 32 heavy (non-hydrogen) atoms. The molecule has 0 aliphatic heterocycles. The highest BCUT2D eigenvalue weighted by Gasteiger charge is 2.20. The summed E-state index contributed by atoms with van der Waals surface area (Å²) in [6.45, 7) is 4.67. The van der Waals surface area contributed by atoms with Crippen LogP contribution in [0.5, 0.6) is 0 Å². The molecule has 0 radical (unpaired) electrons. The Bertz CT molecular complexity index is 1320. The van der Waals surface area contributed by atoms with Crippen molar-refractivity contribution in [3.63, 3.8) is 0 Å². The van der Waals surface area contributed by atoms with E-state index in [0.717, 1.165) is 33.9 Å². The summed E-state index contributed by atoms with van der Waals surface area (Å²) in [5.74, 6) is 0.257. The second-order valence-corrected chi connectivity index (χ2v) is 8.29. The van der Waals surface area contributed by atoms with E-state index in [4.69, 9.17) is 28.9 Å². The van der Waals surface area contributed by atoms with Crippen LogP contribution in [-0.2, 0) is 13.1 Å². The second-order valence-electron chi connectivity index (χ2n) is 7.45. The minimum atomic E-state index is -0.150. The first-order valence-electron chi connectivity index (χ1n) is 10.1. The summed E-state index contributed by atoms with van der Waals surface area (Å²) >= 11 is 12.6. The van der Waals surface area contributed by atoms with E-state index in [1.54, 1.807) is 22.7 Å². The third-order valence-electron chi connectivity index (χ3n) is 5.13. The Morgan fingerprint density at radius 1 is 1.12 bits per heavy atom. The monoisotopic (exact) mass is 468 g/mol. The molecule has 164 valence electrons. The quantitative estimate of drug-likeness (QED) is 0.395. The highest BCUT2D eigenvalue weighted by molar-refractivity contribution is 6.36. The van der Waals surface area contributed by atoms with Crippen LogP contribution in [0.1, 0.15) is 33.1 Å². The summed E-state index contributed by atoms with van der Waals surface area (Å²) < 4.78 is 1.76. The predicted octanol–water partition coefficient (Wildman–Crippen LogP) is 4.15. The van der Waals surface area contributed by atoms with Crippen molar-refractivity contribution in [2.45, 2.75) is 26.9 Å². The zero-order chi connectivity index (χ0) is 22.8. The second kappa shape index (κ2) is 9.34. The molecule has 0 aliphatic rings. The molecule has 4 rings (SSSR count). The number of carbonyl (C=O) groups excluding carboxylic acids is 1. The lowest BCUT2D eigenvalue weighted by atomic mass is 10.0. The van der Waals surface area contributed by atoms with Crippen LogP contribution in [0.25, 0.3) is 17.0 Å². The standard InChI is InChI=1S/C23H22Cl2N6O/c1-13-4-3-5-16(28-13)10-27-11-21(32)20-12-31-22(17-7-6-15(24)8-19(17)25)18(9-26)14(2)29-23(31)30-20/h3-8,12,27H,9-11,26H2,1-2H3. The van der Waals surface area contributed by atoms with Crippen LogP contribution in [0.2, 0.25) is 10.0 Å². The molecule has 0 bridgehead atoms. The number of rotatable bonds is 7. The average molecular weight is 469 g/mol. The number of aryl methyl sites for hydroxylation is 2. The fourth-order valence-corrected chi connectivity index (χ4v) is 4.09. The van der Waals surface area contributed by atoms with Crippen LogP contribution in [-0.4, -0.2) is 31.7 Å². The van der Waals surface area contributed by atoms with E-state index >= 15 is 0 Å². The van der Waals surface area contributed by atoms with E-state index in [0.29, 0.717) is 28.1 Å². The zero-order valence-electron chi connectivity index (χ0n) is 17.7. The van der Waals surface area contributed by atoms with Gasteiger partial charge in [-0.25, -0.2) is 9.97 Å². The summed E-state index contributed by atoms with van der Waals surface area (Å²) in [5.41, 5.74) is 11.2. The van der Waals surface area contributed by atoms with Gasteiger partial charge in [0.15, 0.2) is 5.78 Å². The number of fused-ring (bicyclic) bond motifs is 1. The smallest absolute Gasteiger partial charge is 0.235 e. The van der Waals surface area contributed by atoms with E-state index in [1.165, 1.54) is 0 Å². The molecule has 7 nitrogen and oxygen atoms in total. The fraction of sp³-hybridized carbons (Fsp3) is 0.217. The van der Waals surface area contributed by atoms with E-state index in [2.05, 4.69) is 20.3 Å². The number of hydrogen-bond acceptors (Lipinski definition) is 6. The number of Topliss-reactive ketones (excluding diaryl/α,β-unsaturated/α-hetero) is 1. The molecule has 0 atom stereocenters. The number of imidazole rings is 1. The Hall–Kier alpha value is -2.84. The Morgan fingerprint density at radius 2 is 1.94 bits per heavy atom. The summed E-state index contributed by atoms with van der Waals surface area (Å²) in [5, 5.41) is 4.14. The van der Waals surface area contributed by atoms with Gasteiger partial charge in [0, 0.05) is 46.8 Å². The highest BCUT2D eigenvalue weighted by atomic mass is 35.5. The van der Waals surface area contributed by atoms with Crippen molar-refractivity contribution in [1.82, 2.24) is 24.7 Å². The summed E-state index contributed by atoms with van der Waals surface area (Å²) in [7, 11) is 0. The Kier molecular flexibility index (Phi) is 6.53. The number of aromatic nitrogens is 4. The first kappa shape index (κ1) is 22.4. The molecule has 0 spiro atoms. The van der Waals surface area contributed by atoms with Gasteiger partial charge in [0.1, 0.15) is 5.69 Å². The van der Waals surface area contributed by atoms with Crippen molar-refractivity contribution in [2.75, 3.05) is 6.54 Å². The van der Waals surface area contributed by atoms with Crippen LogP contribution in [0.3, 0.4) is 0 Å². The predicted molar refractivity (Wildman–Crippen MR) is 126 cm³/mol. The Labute approximate surface area is 195 Å². The molecule has 0 saturated carbocycles. The lowest BCUT2D eigenvalue weighted by Gasteiger charge is -2.14. The lowest BCUT2D eigenvalue weighted by molar-refractivity contribution is 0.0986. The number of ketones is 1. The van der Waals surface area contributed by atoms with Crippen LogP contribution < -0.4 is 11.1 Å². The Morgan fingerprint density at radius 3 is 2.66 bits per heavy atom. The first-order valence-corrected chi connectivity index (χ1v) is 10.8. The number of nitrogens with zero attached hydrogens (tertiary/aromatic N) is 4. The molecule has 4 aromatic rings. The molecule has 0 aliphatic carbocycles. The number of nitrogens with two attached hydrogens (primary N) is 1. The van der Waals surface area contributed by atoms with Gasteiger partial charge in [0.25, 0.3) is 0 Å². The van der Waals surface area contributed by atoms with E-state index in [9.17, 15) is 4.79 Å². The van der Waals surface area contributed by atoms with Gasteiger partial charge >= 0.3 is 0 Å². The first-order chi connectivity index (χ1) is 15.4. The molecule has 0 fully saturated rings. The number of pyridine rings is 1. The fourth-order valence-electron chi connectivity index (χ4n) is 3.59.